The Bertz CT molecular complexity index is 522. The molecular formula is C15H20BrN3. The number of aromatic nitrogens is 2. The van der Waals surface area contributed by atoms with Gasteiger partial charge in [-0.1, -0.05) is 35.0 Å². The zero-order chi connectivity index (χ0) is 13.7. The maximum absolute atomic E-state index is 4.29. The van der Waals surface area contributed by atoms with E-state index in [1.165, 1.54) is 11.1 Å². The van der Waals surface area contributed by atoms with Crippen molar-refractivity contribution in [2.75, 3.05) is 6.54 Å². The largest absolute Gasteiger partial charge is 0.308 e. The third kappa shape index (κ3) is 4.18. The van der Waals surface area contributed by atoms with Gasteiger partial charge in [0.15, 0.2) is 0 Å². The highest BCUT2D eigenvalue weighted by atomic mass is 79.9. The summed E-state index contributed by atoms with van der Waals surface area (Å²) >= 11 is 3.53. The number of nitrogens with zero attached hydrogens (tertiary/aromatic N) is 2. The Morgan fingerprint density at radius 2 is 2.26 bits per heavy atom. The molecule has 1 aromatic heterocycles. The number of hydrogen-bond acceptors (Lipinski definition) is 2. The van der Waals surface area contributed by atoms with Gasteiger partial charge in [0.05, 0.1) is 12.7 Å². The van der Waals surface area contributed by atoms with Gasteiger partial charge in [-0.3, -0.25) is 4.68 Å². The molecule has 2 rings (SSSR count). The van der Waals surface area contributed by atoms with Crippen molar-refractivity contribution in [3.8, 4) is 0 Å². The minimum Gasteiger partial charge on any atom is -0.308 e. The fraction of sp³-hybridized carbons (Fsp3) is 0.400. The molecule has 1 aromatic carbocycles. The summed E-state index contributed by atoms with van der Waals surface area (Å²) in [5.74, 6) is 0. The molecule has 1 atom stereocenters. The number of nitrogens with one attached hydrogen (secondary N) is 1. The van der Waals surface area contributed by atoms with Crippen LogP contribution in [-0.4, -0.2) is 16.3 Å². The van der Waals surface area contributed by atoms with E-state index >= 15 is 0 Å². The Morgan fingerprint density at radius 1 is 1.42 bits per heavy atom. The van der Waals surface area contributed by atoms with Gasteiger partial charge in [-0.2, -0.15) is 5.10 Å². The van der Waals surface area contributed by atoms with Gasteiger partial charge >= 0.3 is 0 Å². The molecule has 4 heteroatoms. The maximum Gasteiger partial charge on any atom is 0.0534 e. The van der Waals surface area contributed by atoms with Crippen LogP contribution in [0.25, 0.3) is 0 Å². The van der Waals surface area contributed by atoms with Crippen LogP contribution in [0.15, 0.2) is 41.1 Å². The molecule has 0 saturated heterocycles. The second kappa shape index (κ2) is 6.87. The summed E-state index contributed by atoms with van der Waals surface area (Å²) < 4.78 is 3.11. The predicted molar refractivity (Wildman–Crippen MR) is 82.1 cm³/mol. The third-order valence-electron chi connectivity index (χ3n) is 3.15. The van der Waals surface area contributed by atoms with E-state index < -0.39 is 0 Å². The summed E-state index contributed by atoms with van der Waals surface area (Å²) in [7, 11) is 0. The lowest BCUT2D eigenvalue weighted by Crippen LogP contribution is -2.25. The van der Waals surface area contributed by atoms with Crippen LogP contribution in [0, 0.1) is 6.92 Å². The fourth-order valence-corrected chi connectivity index (χ4v) is 2.58. The average Bonchev–Trinajstić information content (AvgIpc) is 2.80. The molecule has 0 saturated carbocycles. The molecule has 1 unspecified atom stereocenters. The standard InChI is InChI=1S/C15H20BrN3/c1-3-15(13-5-4-6-14(16)9-13)17-7-8-19-11-12(2)10-18-19/h4-6,9-11,15,17H,3,7-8H2,1-2H3. The third-order valence-corrected chi connectivity index (χ3v) is 3.65. The minimum atomic E-state index is 0.397. The number of aryl methyl sites for hydroxylation is 1. The van der Waals surface area contributed by atoms with Crippen LogP contribution in [0.3, 0.4) is 0 Å². The zero-order valence-electron chi connectivity index (χ0n) is 11.4. The molecule has 102 valence electrons. The molecule has 0 spiro atoms. The van der Waals surface area contributed by atoms with Gasteiger partial charge in [-0.25, -0.2) is 0 Å². The van der Waals surface area contributed by atoms with Gasteiger partial charge in [0.25, 0.3) is 0 Å². The lowest BCUT2D eigenvalue weighted by Gasteiger charge is -2.17. The van der Waals surface area contributed by atoms with Crippen molar-refractivity contribution < 1.29 is 0 Å². The summed E-state index contributed by atoms with van der Waals surface area (Å²) in [4.78, 5) is 0. The highest BCUT2D eigenvalue weighted by Crippen LogP contribution is 2.20. The second-order valence-electron chi connectivity index (χ2n) is 4.75. The smallest absolute Gasteiger partial charge is 0.0534 e. The molecule has 0 aliphatic heterocycles. The van der Waals surface area contributed by atoms with Crippen LogP contribution >= 0.6 is 15.9 Å². The summed E-state index contributed by atoms with van der Waals surface area (Å²) in [6.07, 6.45) is 5.04. The molecule has 0 radical (unpaired) electrons. The van der Waals surface area contributed by atoms with Crippen molar-refractivity contribution in [2.24, 2.45) is 0 Å². The van der Waals surface area contributed by atoms with Crippen molar-refractivity contribution in [1.29, 1.82) is 0 Å². The van der Waals surface area contributed by atoms with E-state index in [1.54, 1.807) is 0 Å². The van der Waals surface area contributed by atoms with Crippen molar-refractivity contribution in [3.05, 3.63) is 52.3 Å². The number of rotatable bonds is 6. The topological polar surface area (TPSA) is 29.9 Å². The van der Waals surface area contributed by atoms with Crippen molar-refractivity contribution in [1.82, 2.24) is 15.1 Å². The average molecular weight is 322 g/mol. The first-order valence-electron chi connectivity index (χ1n) is 6.67. The van der Waals surface area contributed by atoms with Gasteiger partial charge < -0.3 is 5.32 Å². The molecule has 1 N–H and O–H groups in total. The molecular weight excluding hydrogens is 302 g/mol. The van der Waals surface area contributed by atoms with E-state index in [0.29, 0.717) is 6.04 Å². The SMILES string of the molecule is CCC(NCCn1cc(C)cn1)c1cccc(Br)c1. The van der Waals surface area contributed by atoms with E-state index in [2.05, 4.69) is 70.7 Å². The Labute approximate surface area is 123 Å². The van der Waals surface area contributed by atoms with Crippen LogP contribution in [0.2, 0.25) is 0 Å². The number of benzene rings is 1. The first kappa shape index (κ1) is 14.3. The fourth-order valence-electron chi connectivity index (χ4n) is 2.16. The van der Waals surface area contributed by atoms with Crippen molar-refractivity contribution in [3.63, 3.8) is 0 Å². The molecule has 1 heterocycles. The van der Waals surface area contributed by atoms with E-state index in [9.17, 15) is 0 Å². The first-order chi connectivity index (χ1) is 9.19. The monoisotopic (exact) mass is 321 g/mol. The van der Waals surface area contributed by atoms with Crippen molar-refractivity contribution in [2.45, 2.75) is 32.9 Å². The van der Waals surface area contributed by atoms with Gasteiger partial charge in [-0.15, -0.1) is 0 Å². The zero-order valence-corrected chi connectivity index (χ0v) is 13.0. The first-order valence-corrected chi connectivity index (χ1v) is 7.46. The normalized spacial score (nSPS) is 12.6. The number of hydrogen-bond donors (Lipinski definition) is 1. The highest BCUT2D eigenvalue weighted by molar-refractivity contribution is 9.10. The molecule has 0 fully saturated rings. The van der Waals surface area contributed by atoms with E-state index in [0.717, 1.165) is 24.0 Å². The second-order valence-corrected chi connectivity index (χ2v) is 5.67. The minimum absolute atomic E-state index is 0.397. The molecule has 0 aliphatic carbocycles. The Balaban J connectivity index is 1.89. The number of halogens is 1. The predicted octanol–water partition coefficient (Wildman–Crippen LogP) is 3.69. The lowest BCUT2D eigenvalue weighted by molar-refractivity contribution is 0.476. The molecule has 2 aromatic rings. The van der Waals surface area contributed by atoms with Crippen LogP contribution in [-0.2, 0) is 6.54 Å². The van der Waals surface area contributed by atoms with Crippen LogP contribution in [0.5, 0.6) is 0 Å². The summed E-state index contributed by atoms with van der Waals surface area (Å²) in [6, 6.07) is 8.89. The van der Waals surface area contributed by atoms with Crippen LogP contribution < -0.4 is 5.32 Å². The van der Waals surface area contributed by atoms with E-state index in [4.69, 9.17) is 0 Å². The van der Waals surface area contributed by atoms with Gasteiger partial charge in [-0.05, 0) is 36.6 Å². The lowest BCUT2D eigenvalue weighted by atomic mass is 10.0. The molecule has 19 heavy (non-hydrogen) atoms. The Kier molecular flexibility index (Phi) is 5.16. The van der Waals surface area contributed by atoms with Crippen LogP contribution in [0.1, 0.15) is 30.5 Å². The summed E-state index contributed by atoms with van der Waals surface area (Å²) in [5, 5.41) is 7.88. The molecule has 0 aliphatic rings. The van der Waals surface area contributed by atoms with E-state index in [1.807, 2.05) is 10.9 Å². The molecule has 3 nitrogen and oxygen atoms in total. The van der Waals surface area contributed by atoms with Gasteiger partial charge in [0.2, 0.25) is 0 Å². The van der Waals surface area contributed by atoms with Gasteiger partial charge in [0, 0.05) is 23.3 Å². The Morgan fingerprint density at radius 3 is 2.89 bits per heavy atom. The van der Waals surface area contributed by atoms with Gasteiger partial charge in [0.1, 0.15) is 0 Å². The molecule has 0 amide bonds. The summed E-state index contributed by atoms with van der Waals surface area (Å²) in [5.41, 5.74) is 2.53. The molecule has 0 bridgehead atoms. The highest BCUT2D eigenvalue weighted by Gasteiger charge is 2.08. The van der Waals surface area contributed by atoms with Crippen molar-refractivity contribution >= 4 is 15.9 Å². The quantitative estimate of drug-likeness (QED) is 0.879. The summed E-state index contributed by atoms with van der Waals surface area (Å²) in [6.45, 7) is 6.09. The van der Waals surface area contributed by atoms with Crippen LogP contribution in [0.4, 0.5) is 0 Å². The maximum atomic E-state index is 4.29. The van der Waals surface area contributed by atoms with E-state index in [-0.39, 0.29) is 0 Å². The Hall–Kier alpha value is -1.13.